The average Bonchev–Trinajstić information content (AvgIpc) is 2.39. The SMILES string of the molecule is CNCC1CCCN(c2cc(Br)ccc2C#N)C1. The maximum atomic E-state index is 9.20. The molecule has 0 saturated carbocycles. The molecule has 1 aromatic rings. The van der Waals surface area contributed by atoms with Crippen LogP contribution >= 0.6 is 15.9 Å². The number of benzene rings is 1. The lowest BCUT2D eigenvalue weighted by atomic mass is 9.97. The number of halogens is 1. The average molecular weight is 308 g/mol. The summed E-state index contributed by atoms with van der Waals surface area (Å²) < 4.78 is 1.03. The summed E-state index contributed by atoms with van der Waals surface area (Å²) >= 11 is 3.49. The molecule has 96 valence electrons. The quantitative estimate of drug-likeness (QED) is 0.933. The van der Waals surface area contributed by atoms with Gasteiger partial charge in [0, 0.05) is 17.6 Å². The molecule has 1 heterocycles. The third kappa shape index (κ3) is 3.04. The van der Waals surface area contributed by atoms with Crippen molar-refractivity contribution in [3.05, 3.63) is 28.2 Å². The van der Waals surface area contributed by atoms with Gasteiger partial charge in [0.1, 0.15) is 6.07 Å². The van der Waals surface area contributed by atoms with Crippen LogP contribution in [-0.4, -0.2) is 26.7 Å². The summed E-state index contributed by atoms with van der Waals surface area (Å²) in [5, 5.41) is 12.5. The van der Waals surface area contributed by atoms with Crippen molar-refractivity contribution in [2.75, 3.05) is 31.6 Å². The second kappa shape index (κ2) is 6.21. The molecule has 0 spiro atoms. The van der Waals surface area contributed by atoms with Gasteiger partial charge in [-0.2, -0.15) is 5.26 Å². The number of nitrogens with zero attached hydrogens (tertiary/aromatic N) is 2. The molecule has 0 bridgehead atoms. The van der Waals surface area contributed by atoms with Crippen LogP contribution in [0.2, 0.25) is 0 Å². The first-order valence-electron chi connectivity index (χ1n) is 6.33. The third-order valence-corrected chi connectivity index (χ3v) is 3.93. The number of rotatable bonds is 3. The highest BCUT2D eigenvalue weighted by Gasteiger charge is 2.21. The van der Waals surface area contributed by atoms with Crippen molar-refractivity contribution in [2.45, 2.75) is 12.8 Å². The Kier molecular flexibility index (Phi) is 4.62. The topological polar surface area (TPSA) is 39.1 Å². The van der Waals surface area contributed by atoms with Crippen molar-refractivity contribution in [3.63, 3.8) is 0 Å². The van der Waals surface area contributed by atoms with E-state index in [0.29, 0.717) is 5.92 Å². The van der Waals surface area contributed by atoms with E-state index in [1.54, 1.807) is 0 Å². The van der Waals surface area contributed by atoms with Crippen molar-refractivity contribution < 1.29 is 0 Å². The van der Waals surface area contributed by atoms with Crippen LogP contribution in [0, 0.1) is 17.2 Å². The molecule has 3 nitrogen and oxygen atoms in total. The first-order valence-corrected chi connectivity index (χ1v) is 7.13. The minimum atomic E-state index is 0.675. The first kappa shape index (κ1) is 13.4. The van der Waals surface area contributed by atoms with Gasteiger partial charge in [-0.05, 0) is 50.6 Å². The maximum Gasteiger partial charge on any atom is 0.101 e. The van der Waals surface area contributed by atoms with Crippen LogP contribution in [0.4, 0.5) is 5.69 Å². The predicted molar refractivity (Wildman–Crippen MR) is 77.7 cm³/mol. The highest BCUT2D eigenvalue weighted by Crippen LogP contribution is 2.28. The molecule has 1 aliphatic heterocycles. The Hall–Kier alpha value is -1.05. The molecule has 4 heteroatoms. The van der Waals surface area contributed by atoms with E-state index in [2.05, 4.69) is 38.3 Å². The second-order valence-electron chi connectivity index (χ2n) is 4.79. The Balaban J connectivity index is 2.20. The lowest BCUT2D eigenvalue weighted by Gasteiger charge is -2.35. The molecule has 1 N–H and O–H groups in total. The van der Waals surface area contributed by atoms with Crippen LogP contribution < -0.4 is 10.2 Å². The van der Waals surface area contributed by atoms with Gasteiger partial charge < -0.3 is 10.2 Å². The Morgan fingerprint density at radius 1 is 1.56 bits per heavy atom. The number of nitriles is 1. The van der Waals surface area contributed by atoms with E-state index >= 15 is 0 Å². The number of nitrogens with one attached hydrogen (secondary N) is 1. The predicted octanol–water partition coefficient (Wildman–Crippen LogP) is 2.76. The molecular weight excluding hydrogens is 290 g/mol. The summed E-state index contributed by atoms with van der Waals surface area (Å²) in [6.45, 7) is 3.13. The molecule has 1 aromatic carbocycles. The van der Waals surface area contributed by atoms with Crippen molar-refractivity contribution in [3.8, 4) is 6.07 Å². The van der Waals surface area contributed by atoms with E-state index < -0.39 is 0 Å². The molecular formula is C14H18BrN3. The second-order valence-corrected chi connectivity index (χ2v) is 5.70. The van der Waals surface area contributed by atoms with E-state index in [1.165, 1.54) is 12.8 Å². The number of piperidine rings is 1. The normalized spacial score (nSPS) is 19.6. The largest absolute Gasteiger partial charge is 0.370 e. The van der Waals surface area contributed by atoms with Crippen LogP contribution in [-0.2, 0) is 0 Å². The van der Waals surface area contributed by atoms with Gasteiger partial charge in [0.15, 0.2) is 0 Å². The Bertz CT molecular complexity index is 451. The molecule has 1 unspecified atom stereocenters. The molecule has 0 amide bonds. The van der Waals surface area contributed by atoms with Crippen LogP contribution in [0.3, 0.4) is 0 Å². The molecule has 2 rings (SSSR count). The zero-order valence-corrected chi connectivity index (χ0v) is 12.2. The monoisotopic (exact) mass is 307 g/mol. The highest BCUT2D eigenvalue weighted by atomic mass is 79.9. The van der Waals surface area contributed by atoms with Gasteiger partial charge in [0.25, 0.3) is 0 Å². The standard InChI is InChI=1S/C14H18BrN3/c1-17-9-11-3-2-6-18(10-11)14-7-13(15)5-4-12(14)8-16/h4-5,7,11,17H,2-3,6,9-10H2,1H3. The minimum absolute atomic E-state index is 0.675. The lowest BCUT2D eigenvalue weighted by molar-refractivity contribution is 0.402. The van der Waals surface area contributed by atoms with Crippen molar-refractivity contribution in [2.24, 2.45) is 5.92 Å². The molecule has 1 aliphatic rings. The lowest BCUT2D eigenvalue weighted by Crippen LogP contribution is -2.39. The molecule has 0 aromatic heterocycles. The summed E-state index contributed by atoms with van der Waals surface area (Å²) in [6.07, 6.45) is 2.47. The van der Waals surface area contributed by atoms with E-state index in [1.807, 2.05) is 19.2 Å². The van der Waals surface area contributed by atoms with Gasteiger partial charge in [0.05, 0.1) is 11.3 Å². The van der Waals surface area contributed by atoms with Crippen LogP contribution in [0.5, 0.6) is 0 Å². The van der Waals surface area contributed by atoms with Gasteiger partial charge in [-0.1, -0.05) is 15.9 Å². The zero-order chi connectivity index (χ0) is 13.0. The number of anilines is 1. The molecule has 0 aliphatic carbocycles. The summed E-state index contributed by atoms with van der Waals surface area (Å²) in [7, 11) is 2.00. The summed E-state index contributed by atoms with van der Waals surface area (Å²) in [6, 6.07) is 8.16. The van der Waals surface area contributed by atoms with Gasteiger partial charge in [-0.15, -0.1) is 0 Å². The molecule has 1 atom stereocenters. The first-order chi connectivity index (χ1) is 8.74. The summed E-state index contributed by atoms with van der Waals surface area (Å²) in [5.41, 5.74) is 1.83. The van der Waals surface area contributed by atoms with Crippen LogP contribution in [0.15, 0.2) is 22.7 Å². The maximum absolute atomic E-state index is 9.20. The molecule has 1 saturated heterocycles. The zero-order valence-electron chi connectivity index (χ0n) is 10.6. The van der Waals surface area contributed by atoms with Crippen molar-refractivity contribution >= 4 is 21.6 Å². The van der Waals surface area contributed by atoms with Gasteiger partial charge in [-0.25, -0.2) is 0 Å². The van der Waals surface area contributed by atoms with Crippen LogP contribution in [0.1, 0.15) is 18.4 Å². The van der Waals surface area contributed by atoms with Crippen LogP contribution in [0.25, 0.3) is 0 Å². The fraction of sp³-hybridized carbons (Fsp3) is 0.500. The Morgan fingerprint density at radius 2 is 2.39 bits per heavy atom. The molecule has 0 radical (unpaired) electrons. The third-order valence-electron chi connectivity index (χ3n) is 3.43. The van der Waals surface area contributed by atoms with Gasteiger partial charge in [0.2, 0.25) is 0 Å². The summed E-state index contributed by atoms with van der Waals surface area (Å²) in [4.78, 5) is 2.34. The van der Waals surface area contributed by atoms with E-state index in [4.69, 9.17) is 0 Å². The Morgan fingerprint density at radius 3 is 3.11 bits per heavy atom. The smallest absolute Gasteiger partial charge is 0.101 e. The minimum Gasteiger partial charge on any atom is -0.370 e. The van der Waals surface area contributed by atoms with Gasteiger partial charge >= 0.3 is 0 Å². The van der Waals surface area contributed by atoms with E-state index in [0.717, 1.165) is 35.4 Å². The fourth-order valence-electron chi connectivity index (χ4n) is 2.60. The van der Waals surface area contributed by atoms with E-state index in [-0.39, 0.29) is 0 Å². The van der Waals surface area contributed by atoms with Crippen molar-refractivity contribution in [1.82, 2.24) is 5.32 Å². The fourth-order valence-corrected chi connectivity index (χ4v) is 2.95. The van der Waals surface area contributed by atoms with Crippen molar-refractivity contribution in [1.29, 1.82) is 5.26 Å². The number of hydrogen-bond acceptors (Lipinski definition) is 3. The van der Waals surface area contributed by atoms with E-state index in [9.17, 15) is 5.26 Å². The van der Waals surface area contributed by atoms with Gasteiger partial charge in [-0.3, -0.25) is 0 Å². The Labute approximate surface area is 117 Å². The number of hydrogen-bond donors (Lipinski definition) is 1. The molecule has 18 heavy (non-hydrogen) atoms. The summed E-state index contributed by atoms with van der Waals surface area (Å²) in [5.74, 6) is 0.675. The highest BCUT2D eigenvalue weighted by molar-refractivity contribution is 9.10. The molecule has 1 fully saturated rings.